The van der Waals surface area contributed by atoms with E-state index in [1.54, 1.807) is 0 Å². The Bertz CT molecular complexity index is 1050. The Morgan fingerprint density at radius 3 is 1.88 bits per heavy atom. The topological polar surface area (TPSA) is 120 Å². The molecule has 1 aliphatic rings. The number of benzene rings is 2. The van der Waals surface area contributed by atoms with Gasteiger partial charge in [0.05, 0.1) is 19.8 Å². The molecule has 1 aromatic heterocycles. The summed E-state index contributed by atoms with van der Waals surface area (Å²) in [5, 5.41) is 0. The van der Waals surface area contributed by atoms with Crippen LogP contribution in [0.15, 0.2) is 48.5 Å². The van der Waals surface area contributed by atoms with Crippen LogP contribution in [0.3, 0.4) is 0 Å². The normalized spacial score (nSPS) is 13.4. The van der Waals surface area contributed by atoms with Gasteiger partial charge in [-0.3, -0.25) is 0 Å². The van der Waals surface area contributed by atoms with Gasteiger partial charge >= 0.3 is 0 Å². The minimum absolute atomic E-state index is 0.685. The van der Waals surface area contributed by atoms with Gasteiger partial charge in [0.1, 0.15) is 22.9 Å². The molecule has 0 bridgehead atoms. The fourth-order valence-electron chi connectivity index (χ4n) is 4.36. The summed E-state index contributed by atoms with van der Waals surface area (Å²) in [6.07, 6.45) is 4.88. The molecule has 0 saturated carbocycles. The third-order valence-electron chi connectivity index (χ3n) is 5.67. The average molecular weight is 491 g/mol. The number of hydrogen-bond acceptors (Lipinski definition) is 6. The summed E-state index contributed by atoms with van der Waals surface area (Å²) in [7, 11) is -4.94. The molecule has 0 saturated heterocycles. The fourth-order valence-corrected chi connectivity index (χ4v) is 4.36. The molecular weight excluding hydrogens is 460 g/mol. The molecule has 9 heteroatoms. The third-order valence-corrected chi connectivity index (χ3v) is 5.67. The van der Waals surface area contributed by atoms with Gasteiger partial charge in [-0.25, -0.2) is 23.2 Å². The molecule has 0 N–H and O–H groups in total. The molecular formula is C25H31ClN2O6. The van der Waals surface area contributed by atoms with E-state index in [2.05, 4.69) is 64.6 Å². The van der Waals surface area contributed by atoms with Gasteiger partial charge in [0.15, 0.2) is 5.69 Å². The first kappa shape index (κ1) is 26.0. The lowest BCUT2D eigenvalue weighted by Crippen LogP contribution is -2.68. The summed E-state index contributed by atoms with van der Waals surface area (Å²) in [6.45, 7) is 8.75. The van der Waals surface area contributed by atoms with Crippen LogP contribution in [0.1, 0.15) is 44.6 Å². The lowest BCUT2D eigenvalue weighted by molar-refractivity contribution is -2.00. The molecule has 34 heavy (non-hydrogen) atoms. The SMILES string of the molecule is CCOc1ccc(-c2c(C)[n+]3c(n2-c2ccc(OCC)cc2)CCCCC3)cc1.[O-][Cl+3]([O-])([O-])[O-]. The highest BCUT2D eigenvalue weighted by Gasteiger charge is 2.31. The van der Waals surface area contributed by atoms with E-state index in [1.807, 2.05) is 13.8 Å². The number of nitrogens with zero attached hydrogens (tertiary/aromatic N) is 2. The zero-order valence-electron chi connectivity index (χ0n) is 19.8. The molecule has 2 aromatic carbocycles. The van der Waals surface area contributed by atoms with Crippen LogP contribution in [0, 0.1) is 17.2 Å². The van der Waals surface area contributed by atoms with E-state index < -0.39 is 10.2 Å². The van der Waals surface area contributed by atoms with Crippen molar-refractivity contribution in [1.29, 1.82) is 0 Å². The van der Waals surface area contributed by atoms with Crippen molar-refractivity contribution in [3.05, 3.63) is 60.0 Å². The molecule has 3 aromatic rings. The van der Waals surface area contributed by atoms with Crippen LogP contribution in [0.4, 0.5) is 0 Å². The van der Waals surface area contributed by atoms with Gasteiger partial charge in [0.2, 0.25) is 0 Å². The number of aromatic nitrogens is 2. The highest BCUT2D eigenvalue weighted by atomic mass is 35.7. The number of halogens is 1. The summed E-state index contributed by atoms with van der Waals surface area (Å²) < 4.78 is 50.3. The standard InChI is InChI=1S/C25H31N2O2.ClHO4/c1-4-28-22-14-10-20(11-15-22)25-19(3)26-18-8-6-7-9-24(26)27(25)21-12-16-23(17-13-21)29-5-2;2-1(3,4)5/h10-17H,4-9,18H2,1-3H3;(H,2,3,4,5)/q+1;/p-1. The molecule has 4 rings (SSSR count). The van der Waals surface area contributed by atoms with Crippen LogP contribution < -0.4 is 32.7 Å². The maximum absolute atomic E-state index is 8.49. The van der Waals surface area contributed by atoms with Gasteiger partial charge in [-0.1, -0.05) is 0 Å². The van der Waals surface area contributed by atoms with E-state index in [0.29, 0.717) is 13.2 Å². The van der Waals surface area contributed by atoms with E-state index >= 15 is 0 Å². The van der Waals surface area contributed by atoms with Crippen molar-refractivity contribution in [2.45, 2.75) is 53.0 Å². The van der Waals surface area contributed by atoms with Gasteiger partial charge < -0.3 is 9.47 Å². The molecule has 0 aliphatic carbocycles. The van der Waals surface area contributed by atoms with Crippen molar-refractivity contribution in [2.75, 3.05) is 13.2 Å². The fraction of sp³-hybridized carbons (Fsp3) is 0.400. The minimum atomic E-state index is -4.94. The summed E-state index contributed by atoms with van der Waals surface area (Å²) in [6, 6.07) is 17.0. The predicted molar refractivity (Wildman–Crippen MR) is 116 cm³/mol. The number of rotatable bonds is 6. The Labute approximate surface area is 202 Å². The third kappa shape index (κ3) is 6.71. The number of ether oxygens (including phenoxy) is 2. The lowest BCUT2D eigenvalue weighted by Gasteiger charge is -2.17. The van der Waals surface area contributed by atoms with E-state index in [0.717, 1.165) is 24.5 Å². The molecule has 184 valence electrons. The molecule has 2 heterocycles. The Morgan fingerprint density at radius 1 is 0.824 bits per heavy atom. The quantitative estimate of drug-likeness (QED) is 0.464. The second kappa shape index (κ2) is 11.7. The zero-order valence-corrected chi connectivity index (χ0v) is 20.5. The molecule has 0 atom stereocenters. The first-order chi connectivity index (χ1) is 16.2. The summed E-state index contributed by atoms with van der Waals surface area (Å²) in [4.78, 5) is 0. The number of hydrogen-bond donors (Lipinski definition) is 0. The van der Waals surface area contributed by atoms with Crippen LogP contribution in [0.2, 0.25) is 0 Å². The highest BCUT2D eigenvalue weighted by Crippen LogP contribution is 2.31. The van der Waals surface area contributed by atoms with Crippen LogP contribution in [0.5, 0.6) is 11.5 Å². The second-order valence-corrected chi connectivity index (χ2v) is 8.67. The van der Waals surface area contributed by atoms with Gasteiger partial charge in [-0.15, -0.1) is 10.2 Å². The van der Waals surface area contributed by atoms with Gasteiger partial charge in [0, 0.05) is 18.9 Å². The van der Waals surface area contributed by atoms with Crippen molar-refractivity contribution in [3.63, 3.8) is 0 Å². The van der Waals surface area contributed by atoms with Gasteiger partial charge in [-0.05, 0) is 81.6 Å². The Morgan fingerprint density at radius 2 is 1.35 bits per heavy atom. The second-order valence-electron chi connectivity index (χ2n) is 7.91. The Hall–Kier alpha value is -2.62. The van der Waals surface area contributed by atoms with Gasteiger partial charge in [0.25, 0.3) is 5.82 Å². The van der Waals surface area contributed by atoms with Crippen molar-refractivity contribution in [3.8, 4) is 28.4 Å². The van der Waals surface area contributed by atoms with Crippen LogP contribution in [0.25, 0.3) is 16.9 Å². The largest absolute Gasteiger partial charge is 0.494 e. The summed E-state index contributed by atoms with van der Waals surface area (Å²) in [5.41, 5.74) is 5.02. The molecule has 0 radical (unpaired) electrons. The molecule has 0 unspecified atom stereocenters. The molecule has 0 spiro atoms. The monoisotopic (exact) mass is 490 g/mol. The zero-order chi connectivity index (χ0) is 24.7. The van der Waals surface area contributed by atoms with E-state index in [-0.39, 0.29) is 0 Å². The van der Waals surface area contributed by atoms with E-state index in [1.165, 1.54) is 47.7 Å². The summed E-state index contributed by atoms with van der Waals surface area (Å²) >= 11 is 0. The Balaban J connectivity index is 0.000000588. The molecule has 8 nitrogen and oxygen atoms in total. The molecule has 0 amide bonds. The first-order valence-electron chi connectivity index (χ1n) is 11.4. The van der Waals surface area contributed by atoms with Crippen molar-refractivity contribution >= 4 is 0 Å². The van der Waals surface area contributed by atoms with E-state index in [4.69, 9.17) is 28.1 Å². The maximum atomic E-state index is 8.49. The smallest absolute Gasteiger partial charge is 0.262 e. The predicted octanol–water partition coefficient (Wildman–Crippen LogP) is 0.508. The molecule has 1 aliphatic heterocycles. The number of imidazole rings is 1. The van der Waals surface area contributed by atoms with Crippen molar-refractivity contribution in [2.24, 2.45) is 0 Å². The summed E-state index contributed by atoms with van der Waals surface area (Å²) in [5.74, 6) is 3.23. The Kier molecular flexibility index (Phi) is 8.93. The van der Waals surface area contributed by atoms with Gasteiger partial charge in [-0.2, -0.15) is 4.57 Å². The van der Waals surface area contributed by atoms with Crippen LogP contribution in [-0.2, 0) is 13.0 Å². The maximum Gasteiger partial charge on any atom is 0.262 e. The van der Waals surface area contributed by atoms with E-state index in [9.17, 15) is 0 Å². The minimum Gasteiger partial charge on any atom is -0.494 e. The van der Waals surface area contributed by atoms with Crippen LogP contribution >= 0.6 is 0 Å². The molecule has 0 fully saturated rings. The van der Waals surface area contributed by atoms with Crippen molar-refractivity contribution < 1.29 is 42.9 Å². The lowest BCUT2D eigenvalue weighted by atomic mass is 10.1. The van der Waals surface area contributed by atoms with Crippen molar-refractivity contribution in [1.82, 2.24) is 4.57 Å². The average Bonchev–Trinajstić information content (AvgIpc) is 2.93. The highest BCUT2D eigenvalue weighted by molar-refractivity contribution is 5.65. The first-order valence-corrected chi connectivity index (χ1v) is 12.7. The van der Waals surface area contributed by atoms with Crippen LogP contribution in [-0.4, -0.2) is 17.8 Å². The number of fused-ring (bicyclic) bond motifs is 1.